The fraction of sp³-hybridized carbons (Fsp3) is 0.883. The van der Waals surface area contributed by atoms with Gasteiger partial charge in [0.2, 0.25) is 0 Å². The smallest absolute Gasteiger partial charge is 0.306 e. The Bertz CT molecular complexity index is 1380. The molecule has 1 atom stereocenters. The van der Waals surface area contributed by atoms with Crippen molar-refractivity contribution in [3.05, 3.63) is 36.5 Å². The normalized spacial score (nSPS) is 12.2. The zero-order chi connectivity index (χ0) is 59.9. The molecule has 488 valence electrons. The molecule has 0 saturated heterocycles. The highest BCUT2D eigenvalue weighted by Gasteiger charge is 2.20. The molecule has 0 heterocycles. The summed E-state index contributed by atoms with van der Waals surface area (Å²) in [4.78, 5) is 38.5. The molecule has 0 spiro atoms. The van der Waals surface area contributed by atoms with E-state index < -0.39 is 6.10 Å². The summed E-state index contributed by atoms with van der Waals surface area (Å²) in [7, 11) is 0. The molecule has 0 aliphatic rings. The molecular formula is C77H144O6. The summed E-state index contributed by atoms with van der Waals surface area (Å²) in [6.07, 6.45) is 90.5. The van der Waals surface area contributed by atoms with Crippen molar-refractivity contribution >= 4 is 17.9 Å². The Morgan fingerprint density at radius 1 is 0.241 bits per heavy atom. The molecule has 0 aliphatic heterocycles. The fourth-order valence-corrected chi connectivity index (χ4v) is 11.5. The number of allylic oxidation sites excluding steroid dienone is 6. The fourth-order valence-electron chi connectivity index (χ4n) is 11.5. The van der Waals surface area contributed by atoms with E-state index in [4.69, 9.17) is 14.2 Å². The molecular weight excluding hydrogens is 1020 g/mol. The first kappa shape index (κ1) is 80.6. The lowest BCUT2D eigenvalue weighted by molar-refractivity contribution is -0.167. The Kier molecular flexibility index (Phi) is 70.0. The van der Waals surface area contributed by atoms with Crippen LogP contribution in [0.15, 0.2) is 36.5 Å². The maximum absolute atomic E-state index is 13.0. The number of rotatable bonds is 70. The highest BCUT2D eigenvalue weighted by atomic mass is 16.6. The maximum Gasteiger partial charge on any atom is 0.306 e. The first-order valence-electron chi connectivity index (χ1n) is 37.5. The van der Waals surface area contributed by atoms with Crippen LogP contribution in [0.25, 0.3) is 0 Å². The van der Waals surface area contributed by atoms with Gasteiger partial charge in [0.25, 0.3) is 0 Å². The van der Waals surface area contributed by atoms with Crippen LogP contribution in [0.5, 0.6) is 0 Å². The highest BCUT2D eigenvalue weighted by molar-refractivity contribution is 5.71. The molecule has 83 heavy (non-hydrogen) atoms. The van der Waals surface area contributed by atoms with Crippen molar-refractivity contribution in [3.8, 4) is 0 Å². The predicted octanol–water partition coefficient (Wildman–Crippen LogP) is 25.9. The van der Waals surface area contributed by atoms with E-state index in [1.54, 1.807) is 0 Å². The first-order chi connectivity index (χ1) is 41.0. The van der Waals surface area contributed by atoms with Gasteiger partial charge in [0.15, 0.2) is 6.10 Å². The lowest BCUT2D eigenvalue weighted by Crippen LogP contribution is -2.30. The Balaban J connectivity index is 4.17. The molecule has 0 aromatic carbocycles. The van der Waals surface area contributed by atoms with E-state index in [1.807, 2.05) is 0 Å². The van der Waals surface area contributed by atoms with Crippen molar-refractivity contribution in [3.63, 3.8) is 0 Å². The summed E-state index contributed by atoms with van der Waals surface area (Å²) in [5.41, 5.74) is 0. The number of hydrogen-bond donors (Lipinski definition) is 0. The second-order valence-corrected chi connectivity index (χ2v) is 25.6. The van der Waals surface area contributed by atoms with Crippen LogP contribution in [0.1, 0.15) is 419 Å². The second kappa shape index (κ2) is 72.1. The number of ether oxygens (including phenoxy) is 3. The molecule has 0 amide bonds. The summed E-state index contributed by atoms with van der Waals surface area (Å²) in [6.45, 7) is 6.68. The van der Waals surface area contributed by atoms with Gasteiger partial charge in [0.05, 0.1) is 0 Å². The van der Waals surface area contributed by atoms with Gasteiger partial charge in [-0.05, 0) is 77.0 Å². The van der Waals surface area contributed by atoms with Crippen LogP contribution in [-0.4, -0.2) is 37.2 Å². The third-order valence-corrected chi connectivity index (χ3v) is 17.1. The van der Waals surface area contributed by atoms with E-state index in [-0.39, 0.29) is 31.1 Å². The molecule has 6 nitrogen and oxygen atoms in total. The molecule has 0 rings (SSSR count). The molecule has 0 aromatic heterocycles. The van der Waals surface area contributed by atoms with Gasteiger partial charge < -0.3 is 14.2 Å². The summed E-state index contributed by atoms with van der Waals surface area (Å²) >= 11 is 0. The summed E-state index contributed by atoms with van der Waals surface area (Å²) < 4.78 is 17.0. The molecule has 0 aliphatic carbocycles. The largest absolute Gasteiger partial charge is 0.462 e. The minimum atomic E-state index is -0.774. The van der Waals surface area contributed by atoms with Crippen LogP contribution >= 0.6 is 0 Å². The quantitative estimate of drug-likeness (QED) is 0.0261. The van der Waals surface area contributed by atoms with E-state index in [0.29, 0.717) is 19.3 Å². The van der Waals surface area contributed by atoms with Crippen LogP contribution in [0, 0.1) is 0 Å². The van der Waals surface area contributed by atoms with E-state index in [9.17, 15) is 14.4 Å². The SMILES string of the molecule is CCCCC/C=C\CCCCCCCC(=O)OCC(COC(=O)CCCCCCCCCCCCCCCCC/C=C\C/C=C\CCCCCCC)OC(=O)CCCCCCCCCCCCCCCCCCCCCCCCCCCC. The maximum atomic E-state index is 13.0. The van der Waals surface area contributed by atoms with Crippen molar-refractivity contribution in [1.29, 1.82) is 0 Å². The second-order valence-electron chi connectivity index (χ2n) is 25.6. The van der Waals surface area contributed by atoms with E-state index in [2.05, 4.69) is 57.2 Å². The first-order valence-corrected chi connectivity index (χ1v) is 37.5. The van der Waals surface area contributed by atoms with Crippen molar-refractivity contribution < 1.29 is 28.6 Å². The van der Waals surface area contributed by atoms with Gasteiger partial charge in [-0.15, -0.1) is 0 Å². The van der Waals surface area contributed by atoms with Crippen molar-refractivity contribution in [2.75, 3.05) is 13.2 Å². The zero-order valence-electron chi connectivity index (χ0n) is 56.2. The molecule has 0 saturated carbocycles. The Morgan fingerprint density at radius 2 is 0.434 bits per heavy atom. The number of carbonyl (C=O) groups excluding carboxylic acids is 3. The minimum absolute atomic E-state index is 0.0694. The molecule has 0 radical (unpaired) electrons. The molecule has 0 bridgehead atoms. The monoisotopic (exact) mass is 1170 g/mol. The number of carbonyl (C=O) groups is 3. The van der Waals surface area contributed by atoms with Crippen LogP contribution in [0.2, 0.25) is 0 Å². The third kappa shape index (κ3) is 70.3. The van der Waals surface area contributed by atoms with Gasteiger partial charge in [-0.1, -0.05) is 359 Å². The number of unbranched alkanes of at least 4 members (excludes halogenated alkanes) is 53. The van der Waals surface area contributed by atoms with Gasteiger partial charge in [-0.2, -0.15) is 0 Å². The minimum Gasteiger partial charge on any atom is -0.462 e. The van der Waals surface area contributed by atoms with E-state index in [1.165, 1.54) is 308 Å². The molecule has 0 N–H and O–H groups in total. The topological polar surface area (TPSA) is 78.9 Å². The summed E-state index contributed by atoms with van der Waals surface area (Å²) in [5.74, 6) is -0.848. The summed E-state index contributed by atoms with van der Waals surface area (Å²) in [6, 6.07) is 0. The lowest BCUT2D eigenvalue weighted by atomic mass is 10.0. The van der Waals surface area contributed by atoms with Gasteiger partial charge in [-0.25, -0.2) is 0 Å². The van der Waals surface area contributed by atoms with Crippen LogP contribution < -0.4 is 0 Å². The third-order valence-electron chi connectivity index (χ3n) is 17.1. The standard InChI is InChI=1S/C77H144O6/c1-4-7-10-13-16-19-22-25-27-29-31-33-35-37-39-41-42-44-46-48-50-52-55-58-61-64-67-70-76(79)82-73-74(72-81-75(78)69-66-63-60-57-54-24-21-18-15-12-9-6-3)83-77(80)71-68-65-62-59-56-53-51-49-47-45-43-40-38-36-34-32-30-28-26-23-20-17-14-11-8-5-2/h18,21-22,25,29,31,74H,4-17,19-20,23-24,26-28,30,32-73H2,1-3H3/b21-18-,25-22-,31-29-. The average molecular weight is 1170 g/mol. The predicted molar refractivity (Wildman–Crippen MR) is 362 cm³/mol. The van der Waals surface area contributed by atoms with Crippen molar-refractivity contribution in [2.24, 2.45) is 0 Å². The van der Waals surface area contributed by atoms with Gasteiger partial charge in [-0.3, -0.25) is 14.4 Å². The Hall–Kier alpha value is -2.37. The van der Waals surface area contributed by atoms with Crippen LogP contribution in [-0.2, 0) is 28.6 Å². The van der Waals surface area contributed by atoms with Crippen LogP contribution in [0.3, 0.4) is 0 Å². The number of hydrogen-bond acceptors (Lipinski definition) is 6. The van der Waals surface area contributed by atoms with E-state index in [0.717, 1.165) is 70.6 Å². The Labute approximate surface area is 518 Å². The molecule has 0 aromatic rings. The van der Waals surface area contributed by atoms with Crippen LogP contribution in [0.4, 0.5) is 0 Å². The van der Waals surface area contributed by atoms with Gasteiger partial charge in [0.1, 0.15) is 13.2 Å². The number of esters is 3. The Morgan fingerprint density at radius 3 is 0.699 bits per heavy atom. The zero-order valence-corrected chi connectivity index (χ0v) is 56.2. The molecule has 0 fully saturated rings. The molecule has 1 unspecified atom stereocenters. The van der Waals surface area contributed by atoms with E-state index >= 15 is 0 Å². The van der Waals surface area contributed by atoms with Crippen molar-refractivity contribution in [2.45, 2.75) is 425 Å². The van der Waals surface area contributed by atoms with Crippen molar-refractivity contribution in [1.82, 2.24) is 0 Å². The highest BCUT2D eigenvalue weighted by Crippen LogP contribution is 2.19. The van der Waals surface area contributed by atoms with Gasteiger partial charge >= 0.3 is 17.9 Å². The lowest BCUT2D eigenvalue weighted by Gasteiger charge is -2.18. The average Bonchev–Trinajstić information content (AvgIpc) is 3.49. The molecule has 6 heteroatoms. The van der Waals surface area contributed by atoms with Gasteiger partial charge in [0, 0.05) is 19.3 Å². The summed E-state index contributed by atoms with van der Waals surface area (Å²) in [5, 5.41) is 0.